The summed E-state index contributed by atoms with van der Waals surface area (Å²) in [5.41, 5.74) is 2.03. The molecular weight excluding hydrogens is 638 g/mol. The van der Waals surface area contributed by atoms with Crippen LogP contribution in [0.4, 0.5) is 26.3 Å². The van der Waals surface area contributed by atoms with Gasteiger partial charge < -0.3 is 15.5 Å². The maximum absolute atomic E-state index is 13.4. The highest BCUT2D eigenvalue weighted by Crippen LogP contribution is 2.42. The van der Waals surface area contributed by atoms with Crippen molar-refractivity contribution in [3.8, 4) is 0 Å². The van der Waals surface area contributed by atoms with Crippen molar-refractivity contribution in [2.45, 2.75) is 50.5 Å². The van der Waals surface area contributed by atoms with E-state index in [1.54, 1.807) is 5.32 Å². The summed E-state index contributed by atoms with van der Waals surface area (Å²) in [6.07, 6.45) is -9.50. The molecule has 0 atom stereocenters. The highest BCUT2D eigenvalue weighted by molar-refractivity contribution is 5.82. The quantitative estimate of drug-likeness (QED) is 0.104. The zero-order chi connectivity index (χ0) is 35.2. The maximum atomic E-state index is 13.4. The molecule has 0 aliphatic heterocycles. The average molecular weight is 679 g/mol. The number of alkyl halides is 6. The predicted octanol–water partition coefficient (Wildman–Crippen LogP) is 6.05. The van der Waals surface area contributed by atoms with Gasteiger partial charge in [0.25, 0.3) is 0 Å². The number of carbonyl (C=O) groups excluding carboxylic acids is 3. The molecule has 3 amide bonds. The van der Waals surface area contributed by atoms with Gasteiger partial charge in [-0.2, -0.15) is 26.3 Å². The molecule has 3 aromatic rings. The number of benzene rings is 3. The molecule has 0 saturated heterocycles. The van der Waals surface area contributed by atoms with Gasteiger partial charge in [-0.25, -0.2) is 0 Å². The first-order valence-corrected chi connectivity index (χ1v) is 15.6. The van der Waals surface area contributed by atoms with Crippen molar-refractivity contribution < 1.29 is 40.7 Å². The largest absolute Gasteiger partial charge is 0.471 e. The van der Waals surface area contributed by atoms with Crippen LogP contribution >= 0.6 is 0 Å². The molecule has 0 saturated carbocycles. The van der Waals surface area contributed by atoms with Crippen LogP contribution in [-0.2, 0) is 19.9 Å². The Labute approximate surface area is 276 Å². The Morgan fingerprint density at radius 1 is 0.562 bits per heavy atom. The van der Waals surface area contributed by atoms with Gasteiger partial charge in [0.2, 0.25) is 5.91 Å². The molecule has 0 bridgehead atoms. The van der Waals surface area contributed by atoms with E-state index in [0.717, 1.165) is 16.7 Å². The summed E-state index contributed by atoms with van der Waals surface area (Å²) in [7, 11) is 0. The second-order valence-corrected chi connectivity index (χ2v) is 11.2. The molecule has 260 valence electrons. The predicted molar refractivity (Wildman–Crippen MR) is 170 cm³/mol. The molecule has 0 aliphatic rings. The van der Waals surface area contributed by atoms with E-state index in [1.807, 2.05) is 91.0 Å². The number of hydrogen-bond donors (Lipinski definition) is 2. The Bertz CT molecular complexity index is 1340. The van der Waals surface area contributed by atoms with E-state index in [0.29, 0.717) is 37.4 Å². The van der Waals surface area contributed by atoms with Crippen molar-refractivity contribution in [2.24, 2.45) is 0 Å². The minimum atomic E-state index is -5.17. The number of hydrogen-bond acceptors (Lipinski definition) is 4. The Balaban J connectivity index is 1.90. The third kappa shape index (κ3) is 10.6. The molecule has 0 aromatic heterocycles. The lowest BCUT2D eigenvalue weighted by Crippen LogP contribution is -2.49. The van der Waals surface area contributed by atoms with Gasteiger partial charge in [-0.15, -0.1) is 0 Å². The van der Waals surface area contributed by atoms with Gasteiger partial charge in [0.15, 0.2) is 0 Å². The molecular formula is C35H40F6N4O3. The van der Waals surface area contributed by atoms with Gasteiger partial charge in [-0.3, -0.25) is 19.3 Å². The fourth-order valence-corrected chi connectivity index (χ4v) is 5.74. The maximum Gasteiger partial charge on any atom is 0.471 e. The standard InChI is InChI=1S/C35H40F6N4O3/c1-27(46)42-21-14-26-45(25-12-11-23-44(32(48)35(39,40)41)24-13-22-43-31(47)34(36,37)38)33(28-15-5-2-6-16-28,29-17-7-3-8-18-29)30-19-9-4-10-20-30/h2-10,15-20H,11-14,21-26H2,1H3,(H,42,46)(H,43,47). The van der Waals surface area contributed by atoms with Gasteiger partial charge in [-0.05, 0) is 48.9 Å². The van der Waals surface area contributed by atoms with Gasteiger partial charge in [-0.1, -0.05) is 91.0 Å². The van der Waals surface area contributed by atoms with Crippen LogP contribution in [0.3, 0.4) is 0 Å². The van der Waals surface area contributed by atoms with Gasteiger partial charge in [0.05, 0.1) is 5.54 Å². The number of rotatable bonds is 17. The highest BCUT2D eigenvalue weighted by Gasteiger charge is 2.43. The lowest BCUT2D eigenvalue weighted by atomic mass is 9.75. The van der Waals surface area contributed by atoms with Crippen LogP contribution in [0, 0.1) is 0 Å². The van der Waals surface area contributed by atoms with Gasteiger partial charge in [0.1, 0.15) is 0 Å². The lowest BCUT2D eigenvalue weighted by molar-refractivity contribution is -0.185. The lowest BCUT2D eigenvalue weighted by Gasteiger charge is -2.46. The molecule has 3 aromatic carbocycles. The molecule has 48 heavy (non-hydrogen) atoms. The Kier molecular flexibility index (Phi) is 14.0. The number of carbonyl (C=O) groups is 3. The first-order valence-electron chi connectivity index (χ1n) is 15.6. The van der Waals surface area contributed by atoms with Crippen molar-refractivity contribution in [1.29, 1.82) is 0 Å². The van der Waals surface area contributed by atoms with E-state index in [1.165, 1.54) is 6.92 Å². The third-order valence-corrected chi connectivity index (χ3v) is 7.81. The minimum Gasteiger partial charge on any atom is -0.356 e. The number of unbranched alkanes of at least 4 members (excludes halogenated alkanes) is 1. The number of halogens is 6. The zero-order valence-electron chi connectivity index (χ0n) is 26.6. The summed E-state index contributed by atoms with van der Waals surface area (Å²) in [6, 6.07) is 29.4. The first-order chi connectivity index (χ1) is 22.8. The average Bonchev–Trinajstić information content (AvgIpc) is 3.06. The van der Waals surface area contributed by atoms with E-state index in [9.17, 15) is 40.7 Å². The van der Waals surface area contributed by atoms with Crippen LogP contribution in [0.1, 0.15) is 49.3 Å². The van der Waals surface area contributed by atoms with Crippen molar-refractivity contribution in [2.75, 3.05) is 39.3 Å². The van der Waals surface area contributed by atoms with E-state index >= 15 is 0 Å². The second kappa shape index (κ2) is 17.7. The Hall–Kier alpha value is -4.39. The summed E-state index contributed by atoms with van der Waals surface area (Å²) in [5, 5.41) is 4.43. The molecule has 0 heterocycles. The number of nitrogens with one attached hydrogen (secondary N) is 2. The van der Waals surface area contributed by atoms with Gasteiger partial charge >= 0.3 is 24.2 Å². The molecule has 2 N–H and O–H groups in total. The third-order valence-electron chi connectivity index (χ3n) is 7.81. The molecule has 0 aliphatic carbocycles. The molecule has 0 unspecified atom stereocenters. The summed E-state index contributed by atoms with van der Waals surface area (Å²) < 4.78 is 77.7. The first kappa shape index (κ1) is 38.1. The van der Waals surface area contributed by atoms with E-state index < -0.39 is 42.8 Å². The minimum absolute atomic E-state index is 0.160. The van der Waals surface area contributed by atoms with Crippen molar-refractivity contribution in [1.82, 2.24) is 20.4 Å². The molecule has 0 spiro atoms. The summed E-state index contributed by atoms with van der Waals surface area (Å²) in [6.45, 7) is 1.38. The van der Waals surface area contributed by atoms with Crippen LogP contribution in [0.25, 0.3) is 0 Å². The van der Waals surface area contributed by atoms with E-state index in [-0.39, 0.29) is 25.3 Å². The number of nitrogens with zero attached hydrogens (tertiary/aromatic N) is 2. The van der Waals surface area contributed by atoms with Crippen LogP contribution in [0.5, 0.6) is 0 Å². The monoisotopic (exact) mass is 678 g/mol. The Morgan fingerprint density at radius 3 is 1.40 bits per heavy atom. The molecule has 7 nitrogen and oxygen atoms in total. The van der Waals surface area contributed by atoms with E-state index in [4.69, 9.17) is 0 Å². The number of amides is 3. The zero-order valence-corrected chi connectivity index (χ0v) is 26.6. The van der Waals surface area contributed by atoms with Crippen LogP contribution in [0.15, 0.2) is 91.0 Å². The van der Waals surface area contributed by atoms with Crippen LogP contribution in [-0.4, -0.2) is 79.1 Å². The SMILES string of the molecule is CC(=O)NCCCN(CCCCN(CCCNC(=O)C(F)(F)F)C(=O)C(F)(F)F)C(c1ccccc1)(c1ccccc1)c1ccccc1. The fourth-order valence-electron chi connectivity index (χ4n) is 5.74. The van der Waals surface area contributed by atoms with Gasteiger partial charge in [0, 0.05) is 39.6 Å². The smallest absolute Gasteiger partial charge is 0.356 e. The van der Waals surface area contributed by atoms with Crippen LogP contribution < -0.4 is 10.6 Å². The fraction of sp³-hybridized carbons (Fsp3) is 0.400. The topological polar surface area (TPSA) is 81.8 Å². The van der Waals surface area contributed by atoms with Crippen molar-refractivity contribution >= 4 is 17.7 Å². The van der Waals surface area contributed by atoms with Crippen molar-refractivity contribution in [3.63, 3.8) is 0 Å². The molecule has 13 heteroatoms. The van der Waals surface area contributed by atoms with Crippen LogP contribution in [0.2, 0.25) is 0 Å². The summed E-state index contributed by atoms with van der Waals surface area (Å²) in [5.74, 6) is -4.47. The Morgan fingerprint density at radius 2 is 0.958 bits per heavy atom. The molecule has 3 rings (SSSR count). The second-order valence-electron chi connectivity index (χ2n) is 11.2. The van der Waals surface area contributed by atoms with Crippen molar-refractivity contribution in [3.05, 3.63) is 108 Å². The molecule has 0 radical (unpaired) electrons. The summed E-state index contributed by atoms with van der Waals surface area (Å²) >= 11 is 0. The molecule has 0 fully saturated rings. The highest BCUT2D eigenvalue weighted by atomic mass is 19.4. The van der Waals surface area contributed by atoms with E-state index in [2.05, 4.69) is 10.2 Å². The normalized spacial score (nSPS) is 12.1. The summed E-state index contributed by atoms with van der Waals surface area (Å²) in [4.78, 5) is 37.7.